The van der Waals surface area contributed by atoms with Crippen molar-refractivity contribution in [1.29, 1.82) is 0 Å². The molecule has 0 aliphatic heterocycles. The zero-order valence-corrected chi connectivity index (χ0v) is 12.9. The zero-order valence-electron chi connectivity index (χ0n) is 11.4. The average Bonchev–Trinajstić information content (AvgIpc) is 2.95. The Morgan fingerprint density at radius 2 is 1.86 bits per heavy atom. The minimum Gasteiger partial charge on any atom is -0.466 e. The highest BCUT2D eigenvalue weighted by Crippen LogP contribution is 2.40. The highest BCUT2D eigenvalue weighted by Gasteiger charge is 2.21. The van der Waals surface area contributed by atoms with Crippen LogP contribution in [0.1, 0.15) is 11.5 Å². The number of rotatable bonds is 2. The second-order valence-electron chi connectivity index (χ2n) is 4.73. The minimum absolute atomic E-state index is 0.224. The Bertz CT molecular complexity index is 821. The summed E-state index contributed by atoms with van der Waals surface area (Å²) < 4.78 is 10.7. The van der Waals surface area contributed by atoms with Crippen LogP contribution in [0, 0.1) is 13.8 Å². The Balaban J connectivity index is 2.21. The summed E-state index contributed by atoms with van der Waals surface area (Å²) in [6, 6.07) is 7.16. The first-order valence-corrected chi connectivity index (χ1v) is 7.01. The summed E-state index contributed by atoms with van der Waals surface area (Å²) in [6.07, 6.45) is 0. The number of hydrogen-bond acceptors (Lipinski definition) is 4. The predicted molar refractivity (Wildman–Crippen MR) is 83.5 cm³/mol. The van der Waals surface area contributed by atoms with Gasteiger partial charge in [-0.25, -0.2) is 0 Å². The lowest BCUT2D eigenvalue weighted by atomic mass is 10.0. The number of aromatic nitrogens is 1. The molecule has 0 fully saturated rings. The van der Waals surface area contributed by atoms with Crippen molar-refractivity contribution in [1.82, 2.24) is 5.16 Å². The first-order valence-electron chi connectivity index (χ1n) is 6.25. The van der Waals surface area contributed by atoms with Gasteiger partial charge < -0.3 is 14.7 Å². The molecule has 0 amide bonds. The van der Waals surface area contributed by atoms with Crippen molar-refractivity contribution in [2.75, 3.05) is 5.73 Å². The van der Waals surface area contributed by atoms with Crippen LogP contribution >= 0.6 is 23.2 Å². The fourth-order valence-corrected chi connectivity index (χ4v) is 2.58. The maximum Gasteiger partial charge on any atom is 0.230 e. The van der Waals surface area contributed by atoms with E-state index in [0.29, 0.717) is 21.3 Å². The molecule has 0 unspecified atom stereocenters. The van der Waals surface area contributed by atoms with Gasteiger partial charge in [0.25, 0.3) is 0 Å². The molecule has 0 aliphatic rings. The number of nitrogens with zero attached hydrogens (tertiary/aromatic N) is 1. The molecule has 0 atom stereocenters. The van der Waals surface area contributed by atoms with Gasteiger partial charge in [0.15, 0.2) is 0 Å². The van der Waals surface area contributed by atoms with Gasteiger partial charge in [-0.3, -0.25) is 0 Å². The first-order chi connectivity index (χ1) is 9.97. The number of nitrogens with two attached hydrogens (primary N) is 1. The van der Waals surface area contributed by atoms with Crippen LogP contribution in [-0.4, -0.2) is 5.16 Å². The van der Waals surface area contributed by atoms with Gasteiger partial charge in [0.2, 0.25) is 5.88 Å². The normalized spacial score (nSPS) is 11.0. The molecule has 21 heavy (non-hydrogen) atoms. The third-order valence-corrected chi connectivity index (χ3v) is 3.96. The summed E-state index contributed by atoms with van der Waals surface area (Å²) in [4.78, 5) is 0. The zero-order chi connectivity index (χ0) is 15.1. The molecule has 0 aliphatic carbocycles. The largest absolute Gasteiger partial charge is 0.466 e. The van der Waals surface area contributed by atoms with E-state index < -0.39 is 0 Å². The van der Waals surface area contributed by atoms with Crippen LogP contribution in [0.15, 0.2) is 33.2 Å². The van der Waals surface area contributed by atoms with E-state index in [1.807, 2.05) is 26.0 Å². The maximum absolute atomic E-state index is 6.07. The highest BCUT2D eigenvalue weighted by molar-refractivity contribution is 6.42. The van der Waals surface area contributed by atoms with E-state index in [9.17, 15) is 0 Å². The van der Waals surface area contributed by atoms with Gasteiger partial charge in [-0.1, -0.05) is 34.4 Å². The molecule has 2 aromatic heterocycles. The molecular formula is C15H12Cl2N2O2. The number of hydrogen-bond donors (Lipinski definition) is 1. The molecule has 1 aromatic carbocycles. The molecule has 3 aromatic rings. The number of anilines is 1. The number of benzene rings is 1. The lowest BCUT2D eigenvalue weighted by molar-refractivity contribution is 0.439. The van der Waals surface area contributed by atoms with E-state index in [2.05, 4.69) is 5.16 Å². The fourth-order valence-electron chi connectivity index (χ4n) is 2.28. The molecule has 3 rings (SSSR count). The van der Waals surface area contributed by atoms with Gasteiger partial charge in [-0.2, -0.15) is 0 Å². The molecule has 108 valence electrons. The van der Waals surface area contributed by atoms with Crippen LogP contribution in [-0.2, 0) is 0 Å². The predicted octanol–water partition coefficient (Wildman–Crippen LogP) is 5.11. The second kappa shape index (κ2) is 5.13. The summed E-state index contributed by atoms with van der Waals surface area (Å²) >= 11 is 12.0. The van der Waals surface area contributed by atoms with Gasteiger partial charge in [-0.05, 0) is 37.6 Å². The third kappa shape index (κ3) is 2.41. The Morgan fingerprint density at radius 1 is 1.10 bits per heavy atom. The van der Waals surface area contributed by atoms with Crippen molar-refractivity contribution in [3.8, 4) is 22.4 Å². The highest BCUT2D eigenvalue weighted by atomic mass is 35.5. The monoisotopic (exact) mass is 322 g/mol. The van der Waals surface area contributed by atoms with Crippen LogP contribution in [0.2, 0.25) is 10.0 Å². The van der Waals surface area contributed by atoms with Gasteiger partial charge in [0, 0.05) is 5.56 Å². The van der Waals surface area contributed by atoms with E-state index in [-0.39, 0.29) is 5.88 Å². The second-order valence-corrected chi connectivity index (χ2v) is 5.54. The van der Waals surface area contributed by atoms with Crippen LogP contribution in [0.4, 0.5) is 5.88 Å². The van der Waals surface area contributed by atoms with Gasteiger partial charge in [0.1, 0.15) is 17.2 Å². The molecule has 6 heteroatoms. The van der Waals surface area contributed by atoms with E-state index in [1.165, 1.54) is 0 Å². The van der Waals surface area contributed by atoms with Crippen LogP contribution < -0.4 is 5.73 Å². The van der Waals surface area contributed by atoms with Crippen molar-refractivity contribution < 1.29 is 8.94 Å². The van der Waals surface area contributed by atoms with E-state index in [1.54, 1.807) is 12.1 Å². The standard InChI is InChI=1S/C15H12Cl2N2O2/c1-7-5-10(8(2)20-7)14-13(15(18)21-19-14)9-3-4-11(16)12(17)6-9/h3-6H,18H2,1-2H3. The molecule has 2 N–H and O–H groups in total. The number of aryl methyl sites for hydroxylation is 2. The van der Waals surface area contributed by atoms with E-state index >= 15 is 0 Å². The third-order valence-electron chi connectivity index (χ3n) is 3.22. The summed E-state index contributed by atoms with van der Waals surface area (Å²) in [5, 5.41) is 4.98. The number of furan rings is 1. The maximum atomic E-state index is 6.07. The van der Waals surface area contributed by atoms with Gasteiger partial charge in [0.05, 0.1) is 15.6 Å². The molecule has 0 spiro atoms. The van der Waals surface area contributed by atoms with Crippen molar-refractivity contribution in [2.24, 2.45) is 0 Å². The lowest BCUT2D eigenvalue weighted by Gasteiger charge is -2.04. The topological polar surface area (TPSA) is 65.2 Å². The van der Waals surface area contributed by atoms with E-state index in [4.69, 9.17) is 37.9 Å². The Hall–Kier alpha value is -1.91. The molecule has 0 radical (unpaired) electrons. The smallest absolute Gasteiger partial charge is 0.230 e. The molecule has 4 nitrogen and oxygen atoms in total. The van der Waals surface area contributed by atoms with Crippen LogP contribution in [0.25, 0.3) is 22.4 Å². The SMILES string of the molecule is Cc1cc(-c2noc(N)c2-c2ccc(Cl)c(Cl)c2)c(C)o1. The van der Waals surface area contributed by atoms with Gasteiger partial charge in [-0.15, -0.1) is 0 Å². The van der Waals surface area contributed by atoms with Gasteiger partial charge >= 0.3 is 0 Å². The van der Waals surface area contributed by atoms with E-state index in [0.717, 1.165) is 22.6 Å². The Kier molecular flexibility index (Phi) is 3.43. The first kappa shape index (κ1) is 14.0. The summed E-state index contributed by atoms with van der Waals surface area (Å²) in [5.41, 5.74) is 8.85. The summed E-state index contributed by atoms with van der Waals surface area (Å²) in [6.45, 7) is 3.74. The summed E-state index contributed by atoms with van der Waals surface area (Å²) in [7, 11) is 0. The fraction of sp³-hybridized carbons (Fsp3) is 0.133. The summed E-state index contributed by atoms with van der Waals surface area (Å²) in [5.74, 6) is 1.77. The molecule has 0 saturated carbocycles. The molecule has 0 saturated heterocycles. The average molecular weight is 323 g/mol. The van der Waals surface area contributed by atoms with Crippen LogP contribution in [0.3, 0.4) is 0 Å². The number of halogens is 2. The Labute approximate surface area is 131 Å². The van der Waals surface area contributed by atoms with Crippen molar-refractivity contribution in [3.05, 3.63) is 45.8 Å². The van der Waals surface area contributed by atoms with Crippen molar-refractivity contribution in [3.63, 3.8) is 0 Å². The van der Waals surface area contributed by atoms with Crippen molar-refractivity contribution >= 4 is 29.1 Å². The quantitative estimate of drug-likeness (QED) is 0.712. The lowest BCUT2D eigenvalue weighted by Crippen LogP contribution is -1.88. The molecule has 2 heterocycles. The van der Waals surface area contributed by atoms with Crippen LogP contribution in [0.5, 0.6) is 0 Å². The van der Waals surface area contributed by atoms with Crippen molar-refractivity contribution in [2.45, 2.75) is 13.8 Å². The molecular weight excluding hydrogens is 311 g/mol. The Morgan fingerprint density at radius 3 is 2.48 bits per heavy atom. The number of nitrogen functional groups attached to an aromatic ring is 1. The minimum atomic E-state index is 0.224. The molecule has 0 bridgehead atoms.